The molecule has 2 heterocycles. The Morgan fingerprint density at radius 3 is 2.45 bits per heavy atom. The van der Waals surface area contributed by atoms with E-state index in [1.165, 1.54) is 5.56 Å². The molecule has 0 aliphatic rings. The zero-order valence-electron chi connectivity index (χ0n) is 11.8. The Labute approximate surface area is 127 Å². The minimum atomic E-state index is 0.241. The molecule has 0 radical (unpaired) electrons. The summed E-state index contributed by atoms with van der Waals surface area (Å²) in [5.74, 6) is 0.241. The fourth-order valence-electron chi connectivity index (χ4n) is 2.58. The second kappa shape index (κ2) is 5.07. The second-order valence-corrected chi connectivity index (χ2v) is 5.20. The summed E-state index contributed by atoms with van der Waals surface area (Å²) in [6.07, 6.45) is 3.57. The highest BCUT2D eigenvalue weighted by atomic mass is 16.3. The molecule has 0 bridgehead atoms. The lowest BCUT2D eigenvalue weighted by Gasteiger charge is -2.06. The van der Waals surface area contributed by atoms with E-state index in [2.05, 4.69) is 10.3 Å². The van der Waals surface area contributed by atoms with Crippen molar-refractivity contribution in [2.75, 3.05) is 5.32 Å². The summed E-state index contributed by atoms with van der Waals surface area (Å²) in [5.41, 5.74) is 3.77. The average Bonchev–Trinajstić information content (AvgIpc) is 2.91. The molecule has 4 nitrogen and oxygen atoms in total. The largest absolute Gasteiger partial charge is 0.508 e. The Balaban J connectivity index is 1.70. The molecule has 2 N–H and O–H groups in total. The predicted molar refractivity (Wildman–Crippen MR) is 86.9 cm³/mol. The molecule has 4 heteroatoms. The van der Waals surface area contributed by atoms with Gasteiger partial charge in [0.1, 0.15) is 16.9 Å². The van der Waals surface area contributed by atoms with Crippen LogP contribution in [0.4, 0.5) is 5.69 Å². The van der Waals surface area contributed by atoms with Crippen LogP contribution in [-0.2, 0) is 6.54 Å². The average molecular weight is 290 g/mol. The number of rotatable bonds is 3. The molecular formula is C18H14N2O2. The minimum absolute atomic E-state index is 0.241. The summed E-state index contributed by atoms with van der Waals surface area (Å²) in [5, 5.41) is 15.0. The number of anilines is 1. The third kappa shape index (κ3) is 2.24. The first-order valence-corrected chi connectivity index (χ1v) is 7.08. The van der Waals surface area contributed by atoms with E-state index in [-0.39, 0.29) is 5.75 Å². The van der Waals surface area contributed by atoms with Crippen molar-refractivity contribution in [1.29, 1.82) is 0 Å². The topological polar surface area (TPSA) is 58.3 Å². The number of phenolic OH excluding ortho intramolecular Hbond substituents is 1. The molecule has 0 amide bonds. The first-order chi connectivity index (χ1) is 10.8. The van der Waals surface area contributed by atoms with Crippen LogP contribution in [0, 0.1) is 0 Å². The maximum absolute atomic E-state index is 9.67. The van der Waals surface area contributed by atoms with Gasteiger partial charge in [-0.25, -0.2) is 0 Å². The second-order valence-electron chi connectivity index (χ2n) is 5.20. The van der Waals surface area contributed by atoms with Crippen molar-refractivity contribution in [3.05, 3.63) is 66.5 Å². The standard InChI is InChI=1S/C18H14N2O2/c21-14-2-4-18-16(10-14)15-9-13(1-3-17(15)22-18)20-11-12-5-7-19-8-6-12/h1-10,20-21H,11H2. The fraction of sp³-hybridized carbons (Fsp3) is 0.0556. The summed E-state index contributed by atoms with van der Waals surface area (Å²) in [6, 6.07) is 15.1. The van der Waals surface area contributed by atoms with Crippen LogP contribution in [0.3, 0.4) is 0 Å². The van der Waals surface area contributed by atoms with Crippen molar-refractivity contribution in [2.45, 2.75) is 6.54 Å². The quantitative estimate of drug-likeness (QED) is 0.590. The first-order valence-electron chi connectivity index (χ1n) is 7.08. The van der Waals surface area contributed by atoms with Crippen molar-refractivity contribution >= 4 is 27.6 Å². The lowest BCUT2D eigenvalue weighted by atomic mass is 10.1. The summed E-state index contributed by atoms with van der Waals surface area (Å²) >= 11 is 0. The molecule has 0 aliphatic carbocycles. The van der Waals surface area contributed by atoms with Crippen LogP contribution < -0.4 is 5.32 Å². The number of hydrogen-bond donors (Lipinski definition) is 2. The van der Waals surface area contributed by atoms with Gasteiger partial charge in [-0.1, -0.05) is 0 Å². The molecule has 0 fully saturated rings. The number of aromatic nitrogens is 1. The zero-order valence-corrected chi connectivity index (χ0v) is 11.8. The minimum Gasteiger partial charge on any atom is -0.508 e. The molecule has 0 saturated carbocycles. The zero-order chi connectivity index (χ0) is 14.9. The lowest BCUT2D eigenvalue weighted by Crippen LogP contribution is -1.98. The van der Waals surface area contributed by atoms with Crippen molar-refractivity contribution in [2.24, 2.45) is 0 Å². The van der Waals surface area contributed by atoms with E-state index >= 15 is 0 Å². The Kier molecular flexibility index (Phi) is 2.93. The van der Waals surface area contributed by atoms with Crippen LogP contribution in [0.2, 0.25) is 0 Å². The number of benzene rings is 2. The molecule has 0 aliphatic heterocycles. The van der Waals surface area contributed by atoms with Crippen molar-refractivity contribution < 1.29 is 9.52 Å². The van der Waals surface area contributed by atoms with E-state index in [0.717, 1.165) is 34.2 Å². The van der Waals surface area contributed by atoms with Gasteiger partial charge in [-0.3, -0.25) is 4.98 Å². The number of pyridine rings is 1. The van der Waals surface area contributed by atoms with Crippen LogP contribution in [0.15, 0.2) is 65.3 Å². The number of fused-ring (bicyclic) bond motifs is 3. The number of phenols is 1. The van der Waals surface area contributed by atoms with Gasteiger partial charge in [0.05, 0.1) is 0 Å². The first kappa shape index (κ1) is 12.7. The molecule has 108 valence electrons. The van der Waals surface area contributed by atoms with Gasteiger partial charge in [0.25, 0.3) is 0 Å². The van der Waals surface area contributed by atoms with Crippen LogP contribution in [0.1, 0.15) is 5.56 Å². The van der Waals surface area contributed by atoms with E-state index in [1.807, 2.05) is 30.3 Å². The van der Waals surface area contributed by atoms with Gasteiger partial charge in [0.15, 0.2) is 0 Å². The maximum atomic E-state index is 9.67. The van der Waals surface area contributed by atoms with Gasteiger partial charge in [0.2, 0.25) is 0 Å². The van der Waals surface area contributed by atoms with Gasteiger partial charge in [-0.15, -0.1) is 0 Å². The Bertz CT molecular complexity index is 945. The molecule has 0 atom stereocenters. The molecule has 0 saturated heterocycles. The van der Waals surface area contributed by atoms with Crippen LogP contribution in [0.5, 0.6) is 5.75 Å². The van der Waals surface area contributed by atoms with Crippen molar-refractivity contribution in [3.8, 4) is 5.75 Å². The normalized spacial score (nSPS) is 11.1. The molecule has 4 rings (SSSR count). The van der Waals surface area contributed by atoms with Gasteiger partial charge in [-0.05, 0) is 54.1 Å². The van der Waals surface area contributed by atoms with Gasteiger partial charge in [-0.2, -0.15) is 0 Å². The van der Waals surface area contributed by atoms with Crippen LogP contribution in [0.25, 0.3) is 21.9 Å². The number of nitrogens with one attached hydrogen (secondary N) is 1. The van der Waals surface area contributed by atoms with Gasteiger partial charge < -0.3 is 14.8 Å². The van der Waals surface area contributed by atoms with E-state index in [9.17, 15) is 5.11 Å². The Hall–Kier alpha value is -3.01. The molecule has 0 unspecified atom stereocenters. The van der Waals surface area contributed by atoms with Crippen LogP contribution in [-0.4, -0.2) is 10.1 Å². The van der Waals surface area contributed by atoms with Crippen LogP contribution >= 0.6 is 0 Å². The fourth-order valence-corrected chi connectivity index (χ4v) is 2.58. The van der Waals surface area contributed by atoms with E-state index in [4.69, 9.17) is 4.42 Å². The molecule has 2 aromatic heterocycles. The molecular weight excluding hydrogens is 276 g/mol. The van der Waals surface area contributed by atoms with Gasteiger partial charge >= 0.3 is 0 Å². The highest BCUT2D eigenvalue weighted by Gasteiger charge is 2.08. The SMILES string of the molecule is Oc1ccc2oc3ccc(NCc4ccncc4)cc3c2c1. The highest BCUT2D eigenvalue weighted by molar-refractivity contribution is 6.06. The molecule has 4 aromatic rings. The molecule has 22 heavy (non-hydrogen) atoms. The number of hydrogen-bond acceptors (Lipinski definition) is 4. The van der Waals surface area contributed by atoms with Crippen molar-refractivity contribution in [3.63, 3.8) is 0 Å². The smallest absolute Gasteiger partial charge is 0.135 e. The van der Waals surface area contributed by atoms with Crippen molar-refractivity contribution in [1.82, 2.24) is 4.98 Å². The monoisotopic (exact) mass is 290 g/mol. The van der Waals surface area contributed by atoms with E-state index < -0.39 is 0 Å². The number of aromatic hydroxyl groups is 1. The lowest BCUT2D eigenvalue weighted by molar-refractivity contribution is 0.476. The van der Waals surface area contributed by atoms with E-state index in [0.29, 0.717) is 0 Å². The summed E-state index contributed by atoms with van der Waals surface area (Å²) in [6.45, 7) is 0.731. The van der Waals surface area contributed by atoms with E-state index in [1.54, 1.807) is 30.6 Å². The molecule has 2 aromatic carbocycles. The third-order valence-electron chi connectivity index (χ3n) is 3.70. The number of nitrogens with zero attached hydrogens (tertiary/aromatic N) is 1. The maximum Gasteiger partial charge on any atom is 0.135 e. The number of furan rings is 1. The Morgan fingerprint density at radius 1 is 0.909 bits per heavy atom. The molecule has 0 spiro atoms. The van der Waals surface area contributed by atoms with Gasteiger partial charge in [0, 0.05) is 35.4 Å². The highest BCUT2D eigenvalue weighted by Crippen LogP contribution is 2.32. The predicted octanol–water partition coefficient (Wildman–Crippen LogP) is 4.30. The Morgan fingerprint density at radius 2 is 1.64 bits per heavy atom. The summed E-state index contributed by atoms with van der Waals surface area (Å²) < 4.78 is 5.78. The summed E-state index contributed by atoms with van der Waals surface area (Å²) in [7, 11) is 0. The summed E-state index contributed by atoms with van der Waals surface area (Å²) in [4.78, 5) is 4.01. The third-order valence-corrected chi connectivity index (χ3v) is 3.70.